The molecular weight excluding hydrogens is 743 g/mol. The van der Waals surface area contributed by atoms with Gasteiger partial charge in [-0.15, -0.1) is 0 Å². The van der Waals surface area contributed by atoms with Gasteiger partial charge in [-0.25, -0.2) is 0 Å². The molecule has 0 saturated carbocycles. The highest BCUT2D eigenvalue weighted by atomic mass is 32.2. The molecule has 13 heteroatoms. The summed E-state index contributed by atoms with van der Waals surface area (Å²) in [7, 11) is -8.39. The lowest BCUT2D eigenvalue weighted by molar-refractivity contribution is -0.669. The van der Waals surface area contributed by atoms with Crippen molar-refractivity contribution in [1.29, 1.82) is 0 Å². The fourth-order valence-corrected chi connectivity index (χ4v) is 9.11. The van der Waals surface area contributed by atoms with Crippen LogP contribution in [0.15, 0.2) is 120 Å². The molecule has 3 heterocycles. The maximum Gasteiger partial charge on any atom is 0.267 e. The van der Waals surface area contributed by atoms with Gasteiger partial charge in [-0.1, -0.05) is 53.8 Å². The number of aryl methyl sites for hydroxylation is 2. The second kappa shape index (κ2) is 15.3. The zero-order valence-corrected chi connectivity index (χ0v) is 32.8. The summed E-state index contributed by atoms with van der Waals surface area (Å²) in [5.41, 5.74) is 7.21. The van der Waals surface area contributed by atoms with Gasteiger partial charge < -0.3 is 14.2 Å². The summed E-state index contributed by atoms with van der Waals surface area (Å²) in [6.07, 6.45) is 12.3. The number of allylic oxidation sites excluding steroid dienone is 4. The van der Waals surface area contributed by atoms with E-state index in [1.54, 1.807) is 11.3 Å². The predicted octanol–water partition coefficient (Wildman–Crippen LogP) is 8.25. The molecular formula is C41H44N3O7S3+. The third-order valence-corrected chi connectivity index (χ3v) is 13.9. The van der Waals surface area contributed by atoms with Gasteiger partial charge in [-0.05, 0) is 105 Å². The Balaban J connectivity index is 1.30. The van der Waals surface area contributed by atoms with E-state index < -0.39 is 30.7 Å². The SMILES string of the molecule is Cc1ccc2c(c1)sc(/C=C1C=C(/C=C3\Oc4ccc(-n5cccc5)cc4N3CCC(C)S(=O)(=O)O)CC(c3ccccc3)C/1)[n+]2CCC(C)S(=O)(=O)O. The fourth-order valence-electron chi connectivity index (χ4n) is 7.04. The third kappa shape index (κ3) is 8.40. The molecule has 1 aliphatic carbocycles. The molecule has 0 fully saturated rings. The number of thiazole rings is 1. The molecule has 0 bridgehead atoms. The van der Waals surface area contributed by atoms with E-state index in [-0.39, 0.29) is 18.8 Å². The molecule has 54 heavy (non-hydrogen) atoms. The lowest BCUT2D eigenvalue weighted by atomic mass is 9.81. The number of aromatic nitrogens is 2. The van der Waals surface area contributed by atoms with Crippen LogP contribution in [0.5, 0.6) is 5.75 Å². The van der Waals surface area contributed by atoms with E-state index in [0.29, 0.717) is 24.7 Å². The summed E-state index contributed by atoms with van der Waals surface area (Å²) in [6.45, 7) is 5.80. The number of hydrogen-bond acceptors (Lipinski definition) is 7. The highest BCUT2D eigenvalue weighted by Crippen LogP contribution is 2.43. The van der Waals surface area contributed by atoms with E-state index in [1.807, 2.05) is 83.4 Å². The number of hydrogen-bond donors (Lipinski definition) is 2. The molecule has 0 radical (unpaired) electrons. The summed E-state index contributed by atoms with van der Waals surface area (Å²) in [5.74, 6) is 1.39. The van der Waals surface area contributed by atoms with Crippen molar-refractivity contribution in [3.63, 3.8) is 0 Å². The number of ether oxygens (including phenoxy) is 1. The van der Waals surface area contributed by atoms with Gasteiger partial charge in [0.05, 0.1) is 16.2 Å². The second-order valence-corrected chi connectivity index (χ2v) is 19.0. The van der Waals surface area contributed by atoms with Gasteiger partial charge in [0.15, 0.2) is 12.3 Å². The van der Waals surface area contributed by atoms with Gasteiger partial charge in [0.2, 0.25) is 11.4 Å². The topological polar surface area (TPSA) is 130 Å². The summed E-state index contributed by atoms with van der Waals surface area (Å²) in [4.78, 5) is 1.99. The Morgan fingerprint density at radius 3 is 2.33 bits per heavy atom. The molecule has 2 N–H and O–H groups in total. The normalized spacial score (nSPS) is 18.9. The van der Waals surface area contributed by atoms with Crippen LogP contribution in [-0.4, -0.2) is 47.6 Å². The van der Waals surface area contributed by atoms with Crippen molar-refractivity contribution in [2.45, 2.75) is 69.4 Å². The van der Waals surface area contributed by atoms with Gasteiger partial charge in [-0.3, -0.25) is 9.11 Å². The Morgan fingerprint density at radius 2 is 1.61 bits per heavy atom. The largest absolute Gasteiger partial charge is 0.439 e. The summed E-state index contributed by atoms with van der Waals surface area (Å²) >= 11 is 1.65. The van der Waals surface area contributed by atoms with E-state index in [2.05, 4.69) is 47.1 Å². The van der Waals surface area contributed by atoms with Crippen LogP contribution in [0.2, 0.25) is 0 Å². The average molecular weight is 787 g/mol. The highest BCUT2D eigenvalue weighted by molar-refractivity contribution is 7.86. The molecule has 0 amide bonds. The minimum absolute atomic E-state index is 0.163. The van der Waals surface area contributed by atoms with Crippen molar-refractivity contribution >= 4 is 53.6 Å². The Hall–Kier alpha value is -4.53. The van der Waals surface area contributed by atoms with Crippen molar-refractivity contribution in [2.75, 3.05) is 11.4 Å². The first-order chi connectivity index (χ1) is 25.7. The number of rotatable bonds is 12. The zero-order chi connectivity index (χ0) is 38.2. The summed E-state index contributed by atoms with van der Waals surface area (Å²) in [5, 5.41) is -0.883. The van der Waals surface area contributed by atoms with Crippen molar-refractivity contribution in [3.05, 3.63) is 137 Å². The number of nitrogens with zero attached hydrogens (tertiary/aromatic N) is 3. The van der Waals surface area contributed by atoms with Crippen LogP contribution in [0.1, 0.15) is 61.6 Å². The molecule has 7 rings (SSSR count). The Kier molecular flexibility index (Phi) is 10.7. The van der Waals surface area contributed by atoms with Crippen molar-refractivity contribution in [1.82, 2.24) is 4.57 Å². The molecule has 3 aromatic carbocycles. The first kappa shape index (κ1) is 37.8. The van der Waals surface area contributed by atoms with Crippen molar-refractivity contribution in [2.24, 2.45) is 0 Å². The maximum atomic E-state index is 12.0. The molecule has 5 aromatic rings. The fraction of sp³-hybridized carbons (Fsp3) is 0.293. The van der Waals surface area contributed by atoms with Gasteiger partial charge in [0.25, 0.3) is 25.2 Å². The van der Waals surface area contributed by atoms with E-state index in [1.165, 1.54) is 19.4 Å². The number of fused-ring (bicyclic) bond motifs is 2. The van der Waals surface area contributed by atoms with E-state index >= 15 is 0 Å². The van der Waals surface area contributed by atoms with Crippen LogP contribution >= 0.6 is 11.3 Å². The smallest absolute Gasteiger partial charge is 0.267 e. The van der Waals surface area contributed by atoms with E-state index in [0.717, 1.165) is 56.2 Å². The van der Waals surface area contributed by atoms with Crippen LogP contribution in [0.3, 0.4) is 0 Å². The van der Waals surface area contributed by atoms with Crippen LogP contribution in [0.25, 0.3) is 22.0 Å². The summed E-state index contributed by atoms with van der Waals surface area (Å²) < 4.78 is 79.0. The molecule has 3 unspecified atom stereocenters. The van der Waals surface area contributed by atoms with Crippen LogP contribution < -0.4 is 14.2 Å². The summed E-state index contributed by atoms with van der Waals surface area (Å²) in [6, 6.07) is 26.5. The molecule has 10 nitrogen and oxygen atoms in total. The molecule has 3 atom stereocenters. The molecule has 282 valence electrons. The Bertz CT molecular complexity index is 2490. The van der Waals surface area contributed by atoms with Gasteiger partial charge in [0, 0.05) is 49.3 Å². The molecule has 2 aliphatic rings. The predicted molar refractivity (Wildman–Crippen MR) is 214 cm³/mol. The minimum atomic E-state index is -4.22. The zero-order valence-electron chi connectivity index (χ0n) is 30.4. The van der Waals surface area contributed by atoms with Crippen molar-refractivity contribution in [3.8, 4) is 11.4 Å². The molecule has 1 aliphatic heterocycles. The molecule has 0 spiro atoms. The lowest BCUT2D eigenvalue weighted by Gasteiger charge is -2.25. The first-order valence-corrected chi connectivity index (χ1v) is 21.8. The third-order valence-electron chi connectivity index (χ3n) is 10.3. The second-order valence-electron chi connectivity index (χ2n) is 14.2. The van der Waals surface area contributed by atoms with Crippen LogP contribution in [0, 0.1) is 6.92 Å². The molecule has 0 saturated heterocycles. The van der Waals surface area contributed by atoms with Gasteiger partial charge in [-0.2, -0.15) is 21.4 Å². The Labute approximate surface area is 320 Å². The van der Waals surface area contributed by atoms with Crippen molar-refractivity contribution < 1.29 is 35.2 Å². The minimum Gasteiger partial charge on any atom is -0.439 e. The van der Waals surface area contributed by atoms with Crippen LogP contribution in [-0.2, 0) is 26.8 Å². The number of benzene rings is 3. The molecule has 2 aromatic heterocycles. The standard InChI is InChI=1S/C41H43N3O7S3/c1-28-11-13-36-39(21-28)52-41(44(36)20-16-30(3)54(48,49)50)26-32-22-31(23-34(24-32)33-9-5-4-6-10-33)25-40-43(19-15-29(2)53(45,46)47)37-27-35(12-14-38(37)51-40)42-17-7-8-18-42/h4-14,17-18,21-22,25-27,29-30,34H,15-16,19-20,23-24H2,1-3H3,(H-,45,46,47,48,49,50)/p+1. The van der Waals surface area contributed by atoms with Crippen LogP contribution in [0.4, 0.5) is 5.69 Å². The average Bonchev–Trinajstić information content (AvgIpc) is 3.86. The van der Waals surface area contributed by atoms with Gasteiger partial charge >= 0.3 is 0 Å². The lowest BCUT2D eigenvalue weighted by Crippen LogP contribution is -2.37. The van der Waals surface area contributed by atoms with Gasteiger partial charge in [0.1, 0.15) is 4.70 Å². The quantitative estimate of drug-likeness (QED) is 0.0956. The number of anilines is 1. The van der Waals surface area contributed by atoms with E-state index in [9.17, 15) is 25.9 Å². The monoisotopic (exact) mass is 786 g/mol. The highest BCUT2D eigenvalue weighted by Gasteiger charge is 2.31. The Morgan fingerprint density at radius 1 is 0.889 bits per heavy atom. The van der Waals surface area contributed by atoms with E-state index in [4.69, 9.17) is 4.74 Å². The maximum absolute atomic E-state index is 12.0. The first-order valence-electron chi connectivity index (χ1n) is 18.0.